The Hall–Kier alpha value is -1.19. The van der Waals surface area contributed by atoms with Crippen molar-refractivity contribution in [3.05, 3.63) is 35.4 Å². The van der Waals surface area contributed by atoms with Crippen LogP contribution in [-0.2, 0) is 11.2 Å². The van der Waals surface area contributed by atoms with Crippen LogP contribution in [0.4, 0.5) is 0 Å². The Kier molecular flexibility index (Phi) is 2.59. The maximum absolute atomic E-state index is 10.8. The second-order valence-corrected chi connectivity index (χ2v) is 4.18. The van der Waals surface area contributed by atoms with Crippen LogP contribution in [0.2, 0.25) is 0 Å². The van der Waals surface area contributed by atoms with Gasteiger partial charge in [-0.05, 0) is 31.0 Å². The van der Waals surface area contributed by atoms with Gasteiger partial charge in [0.2, 0.25) is 0 Å². The lowest BCUT2D eigenvalue weighted by molar-refractivity contribution is -0.125. The summed E-state index contributed by atoms with van der Waals surface area (Å²) in [6, 6.07) is 7.63. The highest BCUT2D eigenvalue weighted by Crippen LogP contribution is 2.29. The topological polar surface area (TPSA) is 49.3 Å². The molecule has 2 unspecified atom stereocenters. The van der Waals surface area contributed by atoms with E-state index in [1.165, 1.54) is 5.56 Å². The summed E-state index contributed by atoms with van der Waals surface area (Å²) in [7, 11) is 0. The van der Waals surface area contributed by atoms with Gasteiger partial charge in [0, 0.05) is 0 Å². The van der Waals surface area contributed by atoms with E-state index < -0.39 is 5.60 Å². The van der Waals surface area contributed by atoms with Gasteiger partial charge in [-0.15, -0.1) is 0 Å². The number of carbonyl (C=O) groups is 1. The maximum atomic E-state index is 10.8. The highest BCUT2D eigenvalue weighted by Gasteiger charge is 2.35. The van der Waals surface area contributed by atoms with Crippen molar-refractivity contribution >= 4 is 6.29 Å². The summed E-state index contributed by atoms with van der Waals surface area (Å²) in [5.74, 6) is 0. The third kappa shape index (κ3) is 1.80. The first-order valence-corrected chi connectivity index (χ1v) is 5.15. The summed E-state index contributed by atoms with van der Waals surface area (Å²) in [5, 5.41) is 13.1. The predicted molar refractivity (Wildman–Crippen MR) is 57.6 cm³/mol. The SMILES string of the molecule is CC(O)(C=O)C1NCCc2ccccc21. The van der Waals surface area contributed by atoms with Gasteiger partial charge < -0.3 is 15.2 Å². The van der Waals surface area contributed by atoms with Crippen LogP contribution in [0.5, 0.6) is 0 Å². The Morgan fingerprint density at radius 3 is 3.00 bits per heavy atom. The Morgan fingerprint density at radius 1 is 1.53 bits per heavy atom. The van der Waals surface area contributed by atoms with Gasteiger partial charge in [0.25, 0.3) is 0 Å². The molecule has 3 nitrogen and oxygen atoms in total. The second-order valence-electron chi connectivity index (χ2n) is 4.18. The molecule has 0 saturated heterocycles. The van der Waals surface area contributed by atoms with Crippen molar-refractivity contribution < 1.29 is 9.90 Å². The predicted octanol–water partition coefficient (Wildman–Crippen LogP) is 0.823. The summed E-state index contributed by atoms with van der Waals surface area (Å²) in [6.45, 7) is 2.34. The molecule has 3 heteroatoms. The molecule has 0 aromatic heterocycles. The molecule has 0 fully saturated rings. The van der Waals surface area contributed by atoms with Crippen molar-refractivity contribution in [2.45, 2.75) is 25.0 Å². The van der Waals surface area contributed by atoms with Crippen LogP contribution in [0.25, 0.3) is 0 Å². The molecule has 1 aliphatic heterocycles. The molecule has 1 aromatic rings. The molecule has 2 N–H and O–H groups in total. The molecule has 2 atom stereocenters. The van der Waals surface area contributed by atoms with Crippen molar-refractivity contribution in [3.8, 4) is 0 Å². The molecule has 1 aromatic carbocycles. The minimum Gasteiger partial charge on any atom is -0.381 e. The maximum Gasteiger partial charge on any atom is 0.153 e. The van der Waals surface area contributed by atoms with Crippen LogP contribution in [0.3, 0.4) is 0 Å². The average molecular weight is 205 g/mol. The standard InChI is InChI=1S/C12H15NO2/c1-12(15,8-14)11-10-5-3-2-4-9(10)6-7-13-11/h2-5,8,11,13,15H,6-7H2,1H3. The lowest BCUT2D eigenvalue weighted by Crippen LogP contribution is -2.46. The highest BCUT2D eigenvalue weighted by molar-refractivity contribution is 5.64. The fourth-order valence-electron chi connectivity index (χ4n) is 2.09. The van der Waals surface area contributed by atoms with E-state index in [-0.39, 0.29) is 6.04 Å². The normalized spacial score (nSPS) is 24.0. The summed E-state index contributed by atoms with van der Waals surface area (Å²) >= 11 is 0. The number of aldehydes is 1. The fourth-order valence-corrected chi connectivity index (χ4v) is 2.09. The Balaban J connectivity index is 2.42. The van der Waals surface area contributed by atoms with E-state index in [1.807, 2.05) is 24.3 Å². The van der Waals surface area contributed by atoms with E-state index in [0.29, 0.717) is 6.29 Å². The van der Waals surface area contributed by atoms with Crippen LogP contribution >= 0.6 is 0 Å². The molecular weight excluding hydrogens is 190 g/mol. The smallest absolute Gasteiger partial charge is 0.153 e. The fraction of sp³-hybridized carbons (Fsp3) is 0.417. The average Bonchev–Trinajstić information content (AvgIpc) is 2.28. The van der Waals surface area contributed by atoms with Gasteiger partial charge in [-0.25, -0.2) is 0 Å². The Bertz CT molecular complexity index is 374. The lowest BCUT2D eigenvalue weighted by Gasteiger charge is -2.34. The van der Waals surface area contributed by atoms with Gasteiger partial charge in [0.05, 0.1) is 6.04 Å². The number of rotatable bonds is 2. The molecule has 15 heavy (non-hydrogen) atoms. The minimum atomic E-state index is -1.34. The third-order valence-corrected chi connectivity index (χ3v) is 2.93. The number of hydrogen-bond acceptors (Lipinski definition) is 3. The van der Waals surface area contributed by atoms with Crippen LogP contribution in [0.15, 0.2) is 24.3 Å². The number of hydrogen-bond donors (Lipinski definition) is 2. The van der Waals surface area contributed by atoms with Crippen LogP contribution in [-0.4, -0.2) is 23.5 Å². The Morgan fingerprint density at radius 2 is 2.27 bits per heavy atom. The molecule has 0 bridgehead atoms. The molecule has 1 aliphatic rings. The summed E-state index contributed by atoms with van der Waals surface area (Å²) in [4.78, 5) is 10.8. The van der Waals surface area contributed by atoms with Crippen LogP contribution < -0.4 is 5.32 Å². The van der Waals surface area contributed by atoms with E-state index in [4.69, 9.17) is 0 Å². The number of fused-ring (bicyclic) bond motifs is 1. The molecule has 0 radical (unpaired) electrons. The lowest BCUT2D eigenvalue weighted by atomic mass is 9.85. The van der Waals surface area contributed by atoms with Gasteiger partial charge in [0.1, 0.15) is 5.60 Å². The molecule has 1 heterocycles. The van der Waals surface area contributed by atoms with E-state index in [0.717, 1.165) is 18.5 Å². The third-order valence-electron chi connectivity index (χ3n) is 2.93. The first-order chi connectivity index (χ1) is 7.15. The molecule has 0 aliphatic carbocycles. The van der Waals surface area contributed by atoms with E-state index in [9.17, 15) is 9.90 Å². The molecule has 0 amide bonds. The first kappa shape index (κ1) is 10.3. The summed E-state index contributed by atoms with van der Waals surface area (Å²) in [6.07, 6.45) is 1.55. The summed E-state index contributed by atoms with van der Waals surface area (Å²) in [5.41, 5.74) is 0.903. The zero-order valence-corrected chi connectivity index (χ0v) is 8.73. The molecule has 0 spiro atoms. The van der Waals surface area contributed by atoms with E-state index in [1.54, 1.807) is 6.92 Å². The summed E-state index contributed by atoms with van der Waals surface area (Å²) < 4.78 is 0. The second kappa shape index (κ2) is 3.76. The Labute approximate surface area is 89.1 Å². The quantitative estimate of drug-likeness (QED) is 0.703. The molecule has 0 saturated carbocycles. The zero-order valence-electron chi connectivity index (χ0n) is 8.73. The van der Waals surface area contributed by atoms with Gasteiger partial charge in [0.15, 0.2) is 6.29 Å². The highest BCUT2D eigenvalue weighted by atomic mass is 16.3. The number of carbonyl (C=O) groups excluding carboxylic acids is 1. The van der Waals surface area contributed by atoms with Crippen LogP contribution in [0.1, 0.15) is 24.1 Å². The van der Waals surface area contributed by atoms with Crippen molar-refractivity contribution in [2.75, 3.05) is 6.54 Å². The van der Waals surface area contributed by atoms with Gasteiger partial charge in [-0.1, -0.05) is 24.3 Å². The molecular formula is C12H15NO2. The largest absolute Gasteiger partial charge is 0.381 e. The van der Waals surface area contributed by atoms with Gasteiger partial charge >= 0.3 is 0 Å². The molecule has 80 valence electrons. The van der Waals surface area contributed by atoms with Crippen molar-refractivity contribution in [1.82, 2.24) is 5.32 Å². The number of nitrogens with one attached hydrogen (secondary N) is 1. The van der Waals surface area contributed by atoms with Crippen molar-refractivity contribution in [3.63, 3.8) is 0 Å². The van der Waals surface area contributed by atoms with Gasteiger partial charge in [-0.3, -0.25) is 0 Å². The first-order valence-electron chi connectivity index (χ1n) is 5.15. The van der Waals surface area contributed by atoms with Crippen molar-refractivity contribution in [2.24, 2.45) is 0 Å². The number of aliphatic hydroxyl groups is 1. The van der Waals surface area contributed by atoms with E-state index >= 15 is 0 Å². The van der Waals surface area contributed by atoms with Gasteiger partial charge in [-0.2, -0.15) is 0 Å². The van der Waals surface area contributed by atoms with Crippen LogP contribution in [0, 0.1) is 0 Å². The minimum absolute atomic E-state index is 0.292. The monoisotopic (exact) mass is 205 g/mol. The van der Waals surface area contributed by atoms with Crippen molar-refractivity contribution in [1.29, 1.82) is 0 Å². The zero-order chi connectivity index (χ0) is 10.9. The number of benzene rings is 1. The molecule has 2 rings (SSSR count). The van der Waals surface area contributed by atoms with E-state index in [2.05, 4.69) is 5.32 Å².